The van der Waals surface area contributed by atoms with E-state index in [2.05, 4.69) is 23.4 Å². The molecule has 0 atom stereocenters. The van der Waals surface area contributed by atoms with E-state index in [-0.39, 0.29) is 5.82 Å². The molecule has 0 unspecified atom stereocenters. The number of benzene rings is 1. The molecule has 4 heteroatoms. The topological polar surface area (TPSA) is 29.9 Å². The summed E-state index contributed by atoms with van der Waals surface area (Å²) < 4.78 is 14.9. The van der Waals surface area contributed by atoms with Crippen LogP contribution in [0.25, 0.3) is 0 Å². The van der Waals surface area contributed by atoms with Crippen LogP contribution in [-0.4, -0.2) is 9.78 Å². The second-order valence-electron chi connectivity index (χ2n) is 4.42. The van der Waals surface area contributed by atoms with Gasteiger partial charge >= 0.3 is 0 Å². The maximum Gasteiger partial charge on any atom is 0.123 e. The quantitative estimate of drug-likeness (QED) is 0.900. The van der Waals surface area contributed by atoms with Crippen LogP contribution in [0, 0.1) is 12.7 Å². The first-order valence-corrected chi connectivity index (χ1v) is 6.12. The Kier molecular flexibility index (Phi) is 3.65. The fraction of sp³-hybridized carbons (Fsp3) is 0.357. The van der Waals surface area contributed by atoms with Gasteiger partial charge in [-0.15, -0.1) is 0 Å². The molecule has 0 saturated heterocycles. The van der Waals surface area contributed by atoms with Crippen molar-refractivity contribution in [2.24, 2.45) is 7.05 Å². The van der Waals surface area contributed by atoms with Crippen molar-refractivity contribution in [2.75, 3.05) is 5.32 Å². The van der Waals surface area contributed by atoms with Gasteiger partial charge in [-0.25, -0.2) is 4.39 Å². The van der Waals surface area contributed by atoms with Crippen molar-refractivity contribution >= 4 is 5.69 Å². The number of nitrogens with zero attached hydrogens (tertiary/aromatic N) is 2. The second-order valence-corrected chi connectivity index (χ2v) is 4.42. The third kappa shape index (κ3) is 2.70. The van der Waals surface area contributed by atoms with Crippen molar-refractivity contribution in [2.45, 2.75) is 26.8 Å². The third-order valence-corrected chi connectivity index (χ3v) is 3.04. The van der Waals surface area contributed by atoms with Gasteiger partial charge in [0.15, 0.2) is 0 Å². The number of aromatic nitrogens is 2. The summed E-state index contributed by atoms with van der Waals surface area (Å²) >= 11 is 0. The van der Waals surface area contributed by atoms with Crippen LogP contribution in [0.4, 0.5) is 10.1 Å². The van der Waals surface area contributed by atoms with Crippen LogP contribution in [0.15, 0.2) is 24.3 Å². The summed E-state index contributed by atoms with van der Waals surface area (Å²) in [4.78, 5) is 0. The van der Waals surface area contributed by atoms with E-state index >= 15 is 0 Å². The molecule has 0 amide bonds. The lowest BCUT2D eigenvalue weighted by atomic mass is 10.2. The smallest absolute Gasteiger partial charge is 0.123 e. The SMILES string of the molecule is CCc1cc(CNc2ccc(F)cc2C)n(C)n1. The lowest BCUT2D eigenvalue weighted by Gasteiger charge is -2.09. The lowest BCUT2D eigenvalue weighted by Crippen LogP contribution is -2.06. The molecule has 18 heavy (non-hydrogen) atoms. The van der Waals surface area contributed by atoms with Crippen LogP contribution < -0.4 is 5.32 Å². The van der Waals surface area contributed by atoms with E-state index in [0.717, 1.165) is 29.1 Å². The van der Waals surface area contributed by atoms with Crippen molar-refractivity contribution in [3.63, 3.8) is 0 Å². The summed E-state index contributed by atoms with van der Waals surface area (Å²) in [6, 6.07) is 6.85. The lowest BCUT2D eigenvalue weighted by molar-refractivity contribution is 0.626. The first-order chi connectivity index (χ1) is 8.60. The number of rotatable bonds is 4. The molecule has 3 nitrogen and oxygen atoms in total. The van der Waals surface area contributed by atoms with Crippen LogP contribution in [-0.2, 0) is 20.0 Å². The average Bonchev–Trinajstić information content (AvgIpc) is 2.69. The van der Waals surface area contributed by atoms with Gasteiger partial charge in [-0.1, -0.05) is 6.92 Å². The molecule has 1 aromatic carbocycles. The van der Waals surface area contributed by atoms with Gasteiger partial charge in [0, 0.05) is 12.7 Å². The zero-order chi connectivity index (χ0) is 13.1. The average molecular weight is 247 g/mol. The van der Waals surface area contributed by atoms with Crippen molar-refractivity contribution in [1.82, 2.24) is 9.78 Å². The van der Waals surface area contributed by atoms with E-state index in [1.165, 1.54) is 12.1 Å². The summed E-state index contributed by atoms with van der Waals surface area (Å²) in [5.74, 6) is -0.202. The van der Waals surface area contributed by atoms with Gasteiger partial charge in [0.05, 0.1) is 17.9 Å². The van der Waals surface area contributed by atoms with E-state index < -0.39 is 0 Å². The number of aryl methyl sites for hydroxylation is 3. The molecule has 0 radical (unpaired) electrons. The van der Waals surface area contributed by atoms with Gasteiger partial charge in [0.1, 0.15) is 5.82 Å². The number of hydrogen-bond donors (Lipinski definition) is 1. The van der Waals surface area contributed by atoms with E-state index in [4.69, 9.17) is 0 Å². The Balaban J connectivity index is 2.08. The standard InChI is InChI=1S/C14H18FN3/c1-4-12-8-13(18(3)17-12)9-16-14-6-5-11(15)7-10(14)2/h5-8,16H,4,9H2,1-3H3. The highest BCUT2D eigenvalue weighted by Crippen LogP contribution is 2.16. The molecule has 0 aliphatic rings. The molecule has 0 bridgehead atoms. The number of anilines is 1. The minimum absolute atomic E-state index is 0.202. The summed E-state index contributed by atoms with van der Waals surface area (Å²) in [6.07, 6.45) is 0.934. The molecule has 0 aliphatic carbocycles. The molecule has 96 valence electrons. The van der Waals surface area contributed by atoms with Crippen LogP contribution >= 0.6 is 0 Å². The Morgan fingerprint density at radius 2 is 2.11 bits per heavy atom. The van der Waals surface area contributed by atoms with Gasteiger partial charge in [-0.3, -0.25) is 4.68 Å². The highest BCUT2D eigenvalue weighted by molar-refractivity contribution is 5.50. The van der Waals surface area contributed by atoms with Crippen LogP contribution in [0.1, 0.15) is 23.9 Å². The molecule has 0 spiro atoms. The zero-order valence-corrected chi connectivity index (χ0v) is 11.0. The van der Waals surface area contributed by atoms with Crippen LogP contribution in [0.3, 0.4) is 0 Å². The number of nitrogens with one attached hydrogen (secondary N) is 1. The number of halogens is 1. The van der Waals surface area contributed by atoms with Crippen molar-refractivity contribution in [3.8, 4) is 0 Å². The molecule has 0 aliphatic heterocycles. The molecule has 0 saturated carbocycles. The molecule has 2 aromatic rings. The second kappa shape index (κ2) is 5.21. The minimum Gasteiger partial charge on any atom is -0.379 e. The Morgan fingerprint density at radius 3 is 2.72 bits per heavy atom. The first kappa shape index (κ1) is 12.6. The Morgan fingerprint density at radius 1 is 1.33 bits per heavy atom. The molecule has 2 rings (SSSR count). The predicted molar refractivity (Wildman–Crippen MR) is 71.0 cm³/mol. The summed E-state index contributed by atoms with van der Waals surface area (Å²) in [7, 11) is 1.94. The van der Waals surface area contributed by atoms with Gasteiger partial charge in [0.2, 0.25) is 0 Å². The highest BCUT2D eigenvalue weighted by atomic mass is 19.1. The van der Waals surface area contributed by atoms with E-state index in [1.54, 1.807) is 6.07 Å². The largest absolute Gasteiger partial charge is 0.379 e. The first-order valence-electron chi connectivity index (χ1n) is 6.12. The fourth-order valence-corrected chi connectivity index (χ4v) is 1.92. The monoisotopic (exact) mass is 247 g/mol. The maximum atomic E-state index is 13.0. The Bertz CT molecular complexity index is 546. The third-order valence-electron chi connectivity index (χ3n) is 3.04. The maximum absolute atomic E-state index is 13.0. The van der Waals surface area contributed by atoms with Gasteiger partial charge < -0.3 is 5.32 Å². The molecular weight excluding hydrogens is 229 g/mol. The van der Waals surface area contributed by atoms with Crippen molar-refractivity contribution in [3.05, 3.63) is 47.0 Å². The Hall–Kier alpha value is -1.84. The molecule has 0 fully saturated rings. The zero-order valence-electron chi connectivity index (χ0n) is 11.0. The predicted octanol–water partition coefficient (Wildman–Crippen LogP) is 3.04. The number of hydrogen-bond acceptors (Lipinski definition) is 2. The summed E-state index contributed by atoms with van der Waals surface area (Å²) in [5.41, 5.74) is 4.07. The molecule has 1 N–H and O–H groups in total. The van der Waals surface area contributed by atoms with E-state index in [9.17, 15) is 4.39 Å². The van der Waals surface area contributed by atoms with Crippen LogP contribution in [0.5, 0.6) is 0 Å². The fourth-order valence-electron chi connectivity index (χ4n) is 1.92. The minimum atomic E-state index is -0.202. The van der Waals surface area contributed by atoms with Crippen molar-refractivity contribution < 1.29 is 4.39 Å². The van der Waals surface area contributed by atoms with Crippen LogP contribution in [0.2, 0.25) is 0 Å². The van der Waals surface area contributed by atoms with Gasteiger partial charge in [-0.05, 0) is 43.2 Å². The van der Waals surface area contributed by atoms with Gasteiger partial charge in [0.25, 0.3) is 0 Å². The molecule has 1 heterocycles. The van der Waals surface area contributed by atoms with Gasteiger partial charge in [-0.2, -0.15) is 5.10 Å². The summed E-state index contributed by atoms with van der Waals surface area (Å²) in [5, 5.41) is 7.70. The Labute approximate surface area is 107 Å². The van der Waals surface area contributed by atoms with E-state index in [0.29, 0.717) is 6.54 Å². The summed E-state index contributed by atoms with van der Waals surface area (Å²) in [6.45, 7) is 4.67. The molecular formula is C14H18FN3. The van der Waals surface area contributed by atoms with Crippen molar-refractivity contribution in [1.29, 1.82) is 0 Å². The highest BCUT2D eigenvalue weighted by Gasteiger charge is 2.05. The molecule has 1 aromatic heterocycles. The normalized spacial score (nSPS) is 10.7. The van der Waals surface area contributed by atoms with E-state index in [1.807, 2.05) is 18.7 Å².